The number of imide groups is 2. The minimum absolute atomic E-state index is 0.236. The van der Waals surface area contributed by atoms with Crippen LogP contribution in [0, 0.1) is 13.8 Å². The van der Waals surface area contributed by atoms with Crippen molar-refractivity contribution < 1.29 is 23.9 Å². The average Bonchev–Trinajstić information content (AvgIpc) is 2.66. The van der Waals surface area contributed by atoms with Gasteiger partial charge in [0.05, 0.1) is 0 Å². The van der Waals surface area contributed by atoms with Gasteiger partial charge in [-0.15, -0.1) is 0 Å². The van der Waals surface area contributed by atoms with Crippen LogP contribution in [0.4, 0.5) is 10.5 Å². The number of carbonyl (C=O) groups is 4. The summed E-state index contributed by atoms with van der Waals surface area (Å²) in [5.41, 5.74) is 2.83. The number of carbonyl (C=O) groups excluding carboxylic acids is 4. The summed E-state index contributed by atoms with van der Waals surface area (Å²) in [6.07, 6.45) is 1.30. The van der Waals surface area contributed by atoms with E-state index in [1.165, 1.54) is 6.08 Å². The second kappa shape index (κ2) is 8.39. The molecule has 0 radical (unpaired) electrons. The van der Waals surface area contributed by atoms with Crippen LogP contribution < -0.4 is 20.7 Å². The first-order valence-corrected chi connectivity index (χ1v) is 8.81. The van der Waals surface area contributed by atoms with Crippen LogP contribution in [0.5, 0.6) is 5.75 Å². The van der Waals surface area contributed by atoms with Crippen molar-refractivity contribution in [1.29, 1.82) is 0 Å². The van der Waals surface area contributed by atoms with Crippen molar-refractivity contribution in [1.82, 2.24) is 10.6 Å². The monoisotopic (exact) mass is 393 g/mol. The fourth-order valence-corrected chi connectivity index (χ4v) is 2.69. The molecule has 0 spiro atoms. The summed E-state index contributed by atoms with van der Waals surface area (Å²) in [5, 5.41) is 6.80. The van der Waals surface area contributed by atoms with Crippen LogP contribution in [0.1, 0.15) is 16.7 Å². The molecule has 1 saturated heterocycles. The van der Waals surface area contributed by atoms with Gasteiger partial charge in [0.2, 0.25) is 0 Å². The number of nitrogens with one attached hydrogen (secondary N) is 3. The topological polar surface area (TPSA) is 114 Å². The number of barbiturate groups is 1. The highest BCUT2D eigenvalue weighted by atomic mass is 16.5. The highest BCUT2D eigenvalue weighted by Crippen LogP contribution is 2.22. The third-order valence-electron chi connectivity index (χ3n) is 4.19. The molecule has 0 aliphatic carbocycles. The Morgan fingerprint density at radius 3 is 2.45 bits per heavy atom. The molecule has 2 aromatic carbocycles. The number of urea groups is 1. The van der Waals surface area contributed by atoms with Crippen LogP contribution in [0.2, 0.25) is 0 Å². The van der Waals surface area contributed by atoms with Gasteiger partial charge < -0.3 is 10.1 Å². The summed E-state index contributed by atoms with van der Waals surface area (Å²) in [5.74, 6) is -1.64. The first-order chi connectivity index (χ1) is 13.8. The molecule has 0 aromatic heterocycles. The van der Waals surface area contributed by atoms with E-state index < -0.39 is 17.8 Å². The van der Waals surface area contributed by atoms with Crippen molar-refractivity contribution in [2.75, 3.05) is 11.9 Å². The Morgan fingerprint density at radius 1 is 1.03 bits per heavy atom. The van der Waals surface area contributed by atoms with Crippen molar-refractivity contribution in [3.8, 4) is 5.75 Å². The van der Waals surface area contributed by atoms with Gasteiger partial charge >= 0.3 is 6.03 Å². The lowest BCUT2D eigenvalue weighted by atomic mass is 10.1. The van der Waals surface area contributed by atoms with E-state index in [4.69, 9.17) is 4.74 Å². The lowest BCUT2D eigenvalue weighted by Crippen LogP contribution is -2.51. The van der Waals surface area contributed by atoms with Crippen LogP contribution in [0.15, 0.2) is 48.0 Å². The van der Waals surface area contributed by atoms with E-state index in [0.29, 0.717) is 17.0 Å². The molecule has 0 unspecified atom stereocenters. The van der Waals surface area contributed by atoms with Gasteiger partial charge in [0, 0.05) is 11.3 Å². The van der Waals surface area contributed by atoms with Crippen molar-refractivity contribution in [3.63, 3.8) is 0 Å². The van der Waals surface area contributed by atoms with E-state index in [2.05, 4.69) is 5.32 Å². The summed E-state index contributed by atoms with van der Waals surface area (Å²) < 4.78 is 5.59. The minimum Gasteiger partial charge on any atom is -0.483 e. The SMILES string of the molecule is Cc1ccc(C)c(NC(=O)COc2ccccc2C=C2C(=O)NC(=O)NC2=O)c1. The Kier molecular flexibility index (Phi) is 5.73. The third-order valence-corrected chi connectivity index (χ3v) is 4.19. The predicted octanol–water partition coefficient (Wildman–Crippen LogP) is 2.07. The van der Waals surface area contributed by atoms with Crippen LogP contribution in [0.25, 0.3) is 6.08 Å². The molecular weight excluding hydrogens is 374 g/mol. The number of aryl methyl sites for hydroxylation is 2. The summed E-state index contributed by atoms with van der Waals surface area (Å²) in [6.45, 7) is 3.56. The van der Waals surface area contributed by atoms with Crippen LogP contribution in [-0.2, 0) is 14.4 Å². The summed E-state index contributed by atoms with van der Waals surface area (Å²) >= 11 is 0. The molecule has 8 heteroatoms. The van der Waals surface area contributed by atoms with Gasteiger partial charge in [0.25, 0.3) is 17.7 Å². The van der Waals surface area contributed by atoms with Gasteiger partial charge in [0.15, 0.2) is 6.61 Å². The normalized spacial score (nSPS) is 13.4. The van der Waals surface area contributed by atoms with Crippen LogP contribution in [-0.4, -0.2) is 30.4 Å². The Labute approximate surface area is 166 Å². The number of anilines is 1. The molecule has 0 atom stereocenters. The van der Waals surface area contributed by atoms with E-state index in [1.54, 1.807) is 24.3 Å². The van der Waals surface area contributed by atoms with Crippen molar-refractivity contribution in [2.24, 2.45) is 0 Å². The highest BCUT2D eigenvalue weighted by Gasteiger charge is 2.28. The average molecular weight is 393 g/mol. The first-order valence-electron chi connectivity index (χ1n) is 8.81. The molecule has 1 aliphatic heterocycles. The molecule has 1 fully saturated rings. The molecule has 8 nitrogen and oxygen atoms in total. The maximum Gasteiger partial charge on any atom is 0.328 e. The highest BCUT2D eigenvalue weighted by molar-refractivity contribution is 6.31. The second-order valence-electron chi connectivity index (χ2n) is 6.49. The van der Waals surface area contributed by atoms with E-state index in [1.807, 2.05) is 42.7 Å². The summed E-state index contributed by atoms with van der Waals surface area (Å²) in [4.78, 5) is 47.2. The zero-order chi connectivity index (χ0) is 21.0. The van der Waals surface area contributed by atoms with E-state index >= 15 is 0 Å². The summed E-state index contributed by atoms with van der Waals surface area (Å²) in [7, 11) is 0. The van der Waals surface area contributed by atoms with E-state index in [0.717, 1.165) is 11.1 Å². The molecule has 1 aliphatic rings. The number of para-hydroxylation sites is 1. The smallest absolute Gasteiger partial charge is 0.328 e. The van der Waals surface area contributed by atoms with Gasteiger partial charge in [-0.1, -0.05) is 30.3 Å². The fraction of sp³-hybridized carbons (Fsp3) is 0.143. The molecular formula is C21H19N3O5. The summed E-state index contributed by atoms with van der Waals surface area (Å²) in [6, 6.07) is 11.5. The molecule has 29 heavy (non-hydrogen) atoms. The quantitative estimate of drug-likeness (QED) is 0.532. The number of ether oxygens (including phenoxy) is 1. The van der Waals surface area contributed by atoms with E-state index in [9.17, 15) is 19.2 Å². The van der Waals surface area contributed by atoms with Crippen molar-refractivity contribution in [2.45, 2.75) is 13.8 Å². The molecule has 0 bridgehead atoms. The number of hydrogen-bond donors (Lipinski definition) is 3. The van der Waals surface area contributed by atoms with Gasteiger partial charge in [-0.05, 0) is 43.2 Å². The molecule has 3 rings (SSSR count). The molecule has 5 amide bonds. The molecule has 3 N–H and O–H groups in total. The molecule has 0 saturated carbocycles. The third kappa shape index (κ3) is 4.86. The lowest BCUT2D eigenvalue weighted by Gasteiger charge is -2.15. The standard InChI is InChI=1S/C21H19N3O5/c1-12-7-8-13(2)16(9-12)22-18(25)11-29-17-6-4-3-5-14(17)10-15-19(26)23-21(28)24-20(15)27/h3-10H,11H2,1-2H3,(H,22,25)(H2,23,24,26,27,28). The predicted molar refractivity (Wildman–Crippen MR) is 106 cm³/mol. The van der Waals surface area contributed by atoms with Crippen molar-refractivity contribution >= 4 is 35.5 Å². The Bertz CT molecular complexity index is 1020. The van der Waals surface area contributed by atoms with E-state index in [-0.39, 0.29) is 18.1 Å². The van der Waals surface area contributed by atoms with Crippen molar-refractivity contribution in [3.05, 3.63) is 64.7 Å². The Morgan fingerprint density at radius 2 is 1.72 bits per heavy atom. The first kappa shape index (κ1) is 19.8. The Hall–Kier alpha value is -3.94. The molecule has 1 heterocycles. The van der Waals surface area contributed by atoms with Gasteiger partial charge in [-0.3, -0.25) is 25.0 Å². The van der Waals surface area contributed by atoms with Gasteiger partial charge in [-0.2, -0.15) is 0 Å². The number of hydrogen-bond acceptors (Lipinski definition) is 5. The molecule has 2 aromatic rings. The van der Waals surface area contributed by atoms with Gasteiger partial charge in [0.1, 0.15) is 11.3 Å². The second-order valence-corrected chi connectivity index (χ2v) is 6.49. The maximum atomic E-state index is 12.3. The number of benzene rings is 2. The van der Waals surface area contributed by atoms with Crippen LogP contribution >= 0.6 is 0 Å². The lowest BCUT2D eigenvalue weighted by molar-refractivity contribution is -0.124. The maximum absolute atomic E-state index is 12.3. The van der Waals surface area contributed by atoms with Crippen LogP contribution in [0.3, 0.4) is 0 Å². The fourth-order valence-electron chi connectivity index (χ4n) is 2.69. The molecule has 148 valence electrons. The zero-order valence-corrected chi connectivity index (χ0v) is 15.9. The Balaban J connectivity index is 1.73. The minimum atomic E-state index is -0.871. The number of rotatable bonds is 5. The zero-order valence-electron chi connectivity index (χ0n) is 15.9. The largest absolute Gasteiger partial charge is 0.483 e. The number of amides is 5. The van der Waals surface area contributed by atoms with Gasteiger partial charge in [-0.25, -0.2) is 4.79 Å².